The predicted octanol–water partition coefficient (Wildman–Crippen LogP) is 3.12. The Morgan fingerprint density at radius 3 is 1.88 bits per heavy atom. The Labute approximate surface area is 211 Å². The fraction of sp³-hybridized carbons (Fsp3) is 0.407. The fourth-order valence-corrected chi connectivity index (χ4v) is 2.53. The smallest absolute Gasteiger partial charge is 0.493 e. The van der Waals surface area contributed by atoms with Gasteiger partial charge in [-0.15, -0.1) is 0 Å². The van der Waals surface area contributed by atoms with Crippen LogP contribution in [0.3, 0.4) is 0 Å². The van der Waals surface area contributed by atoms with Gasteiger partial charge in [0.15, 0.2) is 29.3 Å². The Morgan fingerprint density at radius 1 is 0.879 bits per heavy atom. The molecule has 0 N–H and O–H groups in total. The first-order valence-electron chi connectivity index (χ1n) is 10.8. The molecule has 0 saturated carbocycles. The van der Waals surface area contributed by atoms with Crippen molar-refractivity contribution in [2.24, 2.45) is 0 Å². The van der Waals surface area contributed by atoms with Crippen molar-refractivity contribution in [3.05, 3.63) is 53.9 Å². The normalized spacial score (nSPS) is 9.64. The number of hydrogen-bond donors (Lipinski definition) is 0. The van der Waals surface area contributed by atoms with Crippen LogP contribution in [0, 0.1) is 18.8 Å². The molecule has 2 aromatic carbocycles. The van der Waals surface area contributed by atoms with E-state index in [0.29, 0.717) is 34.1 Å². The van der Waals surface area contributed by atoms with E-state index < -0.39 is 0 Å². The van der Waals surface area contributed by atoms with Gasteiger partial charge in [0, 0.05) is 22.8 Å². The minimum absolute atomic E-state index is 0. The first kappa shape index (κ1) is 30.5. The van der Waals surface area contributed by atoms with E-state index in [1.807, 2.05) is 45.9 Å². The molecular formula is C27H35LiO5. The zero-order valence-corrected chi connectivity index (χ0v) is 21.3. The van der Waals surface area contributed by atoms with E-state index in [9.17, 15) is 4.79 Å². The Hall–Kier alpha value is -2.53. The summed E-state index contributed by atoms with van der Waals surface area (Å²) in [6, 6.07) is 8.83. The molecule has 0 aliphatic heterocycles. The van der Waals surface area contributed by atoms with Crippen molar-refractivity contribution >= 4 is 6.29 Å². The molecule has 0 atom stereocenters. The number of hydrogen-bond acceptors (Lipinski definition) is 5. The van der Waals surface area contributed by atoms with Crippen LogP contribution in [0.1, 0.15) is 68.9 Å². The summed E-state index contributed by atoms with van der Waals surface area (Å²) in [4.78, 5) is 11.5. The molecule has 0 aromatic heterocycles. The van der Waals surface area contributed by atoms with Crippen LogP contribution in [-0.2, 0) is 0 Å². The van der Waals surface area contributed by atoms with Gasteiger partial charge in [-0.25, -0.2) is 0 Å². The van der Waals surface area contributed by atoms with E-state index in [2.05, 4.69) is 25.7 Å². The minimum atomic E-state index is -0.0380. The second kappa shape index (κ2) is 16.1. The van der Waals surface area contributed by atoms with Crippen LogP contribution in [-0.4, -0.2) is 32.7 Å². The largest absolute Gasteiger partial charge is 1.00 e. The van der Waals surface area contributed by atoms with Crippen molar-refractivity contribution in [3.8, 4) is 34.8 Å². The molecular weight excluding hydrogens is 411 g/mol. The Bertz CT molecular complexity index is 924. The predicted molar refractivity (Wildman–Crippen MR) is 129 cm³/mol. The number of methoxy groups -OCH3 is 2. The molecule has 0 bridgehead atoms. The first-order valence-corrected chi connectivity index (χ1v) is 10.8. The van der Waals surface area contributed by atoms with E-state index in [-0.39, 0.29) is 31.1 Å². The molecule has 0 aliphatic rings. The van der Waals surface area contributed by atoms with Crippen molar-refractivity contribution in [3.63, 3.8) is 0 Å². The van der Waals surface area contributed by atoms with E-state index in [1.165, 1.54) is 6.42 Å². The quantitative estimate of drug-likeness (QED) is 0.270. The van der Waals surface area contributed by atoms with Gasteiger partial charge in [-0.05, 0) is 52.0 Å². The van der Waals surface area contributed by atoms with Gasteiger partial charge in [0.05, 0.1) is 26.4 Å². The summed E-state index contributed by atoms with van der Waals surface area (Å²) >= 11 is 0. The van der Waals surface area contributed by atoms with Gasteiger partial charge in [-0.2, -0.15) is 6.42 Å². The monoisotopic (exact) mass is 446 g/mol. The van der Waals surface area contributed by atoms with Crippen LogP contribution >= 0.6 is 0 Å². The molecule has 0 unspecified atom stereocenters. The van der Waals surface area contributed by atoms with Gasteiger partial charge in [0.2, 0.25) is 0 Å². The molecule has 0 heterocycles. The molecule has 174 valence electrons. The molecule has 0 aliphatic carbocycles. The van der Waals surface area contributed by atoms with Gasteiger partial charge in [0.25, 0.3) is 0 Å². The fourth-order valence-electron chi connectivity index (χ4n) is 2.53. The second-order valence-corrected chi connectivity index (χ2v) is 7.51. The Kier molecular flexibility index (Phi) is 14.9. The van der Waals surface area contributed by atoms with Crippen molar-refractivity contribution in [1.29, 1.82) is 0 Å². The summed E-state index contributed by atoms with van der Waals surface area (Å²) in [7, 11) is 3.15. The van der Waals surface area contributed by atoms with Gasteiger partial charge in [-0.3, -0.25) is 4.79 Å². The number of carbonyl (C=O) groups excluding carboxylic acids is 1. The van der Waals surface area contributed by atoms with Crippen LogP contribution < -0.4 is 37.8 Å². The third-order valence-corrected chi connectivity index (χ3v) is 4.05. The van der Waals surface area contributed by atoms with Gasteiger partial charge < -0.3 is 25.9 Å². The van der Waals surface area contributed by atoms with Crippen molar-refractivity contribution in [2.75, 3.05) is 14.2 Å². The summed E-state index contributed by atoms with van der Waals surface area (Å²) in [5, 5.41) is 0. The van der Waals surface area contributed by atoms with Crippen LogP contribution in [0.5, 0.6) is 23.0 Å². The van der Waals surface area contributed by atoms with Gasteiger partial charge in [0.1, 0.15) is 0 Å². The summed E-state index contributed by atoms with van der Waals surface area (Å²) < 4.78 is 22.2. The third-order valence-electron chi connectivity index (χ3n) is 4.05. The number of aldehydes is 1. The summed E-state index contributed by atoms with van der Waals surface area (Å²) in [5.74, 6) is 8.42. The molecule has 0 saturated heterocycles. The second-order valence-electron chi connectivity index (χ2n) is 7.51. The Morgan fingerprint density at radius 2 is 1.42 bits per heavy atom. The maximum absolute atomic E-state index is 11.5. The minimum Gasteiger partial charge on any atom is -0.493 e. The molecule has 0 fully saturated rings. The van der Waals surface area contributed by atoms with Crippen molar-refractivity contribution in [1.82, 2.24) is 0 Å². The topological polar surface area (TPSA) is 54.0 Å². The van der Waals surface area contributed by atoms with E-state index in [4.69, 9.17) is 18.9 Å². The summed E-state index contributed by atoms with van der Waals surface area (Å²) in [6.45, 7) is 13.4. The first-order chi connectivity index (χ1) is 15.3. The van der Waals surface area contributed by atoms with Crippen LogP contribution in [0.25, 0.3) is 0 Å². The molecule has 0 spiro atoms. The van der Waals surface area contributed by atoms with E-state index >= 15 is 0 Å². The maximum atomic E-state index is 11.5. The van der Waals surface area contributed by atoms with E-state index in [1.54, 1.807) is 26.4 Å². The molecule has 6 heteroatoms. The molecule has 33 heavy (non-hydrogen) atoms. The molecule has 0 radical (unpaired) electrons. The Balaban J connectivity index is 0.00000189. The van der Waals surface area contributed by atoms with Gasteiger partial charge >= 0.3 is 18.9 Å². The standard InChI is InChI=1S/C23H26O5.C4H9.Li/c1-15(2)27-22-11-17(8-10-20(22)25-5)7-9-18-12-21(26-6)23(28-16(3)4)13-19(18)14-24;1-3-4-2;/h8,10-16H,1-6H3;1,3-4H2,2H3;/q;-1;+1. The van der Waals surface area contributed by atoms with Crippen LogP contribution in [0.15, 0.2) is 30.3 Å². The molecule has 2 aromatic rings. The molecule has 0 amide bonds. The zero-order valence-electron chi connectivity index (χ0n) is 21.3. The number of carbonyl (C=O) groups is 1. The van der Waals surface area contributed by atoms with E-state index in [0.717, 1.165) is 18.3 Å². The number of benzene rings is 2. The van der Waals surface area contributed by atoms with Crippen molar-refractivity contribution < 1.29 is 42.6 Å². The molecule has 2 rings (SSSR count). The average Bonchev–Trinajstić information content (AvgIpc) is 2.77. The molecule has 5 nitrogen and oxygen atoms in total. The zero-order chi connectivity index (χ0) is 24.1. The SMILES string of the molecule is COc1ccc(C#Cc2cc(OC)c(OC(C)C)cc2C=O)cc1OC(C)C.[CH2-]CCC.[Li+]. The number of ether oxygens (including phenoxy) is 4. The van der Waals surface area contributed by atoms with Crippen LogP contribution in [0.2, 0.25) is 0 Å². The third kappa shape index (κ3) is 10.3. The average molecular weight is 447 g/mol. The summed E-state index contributed by atoms with van der Waals surface area (Å²) in [6.07, 6.45) is 3.01. The number of unbranched alkanes of at least 4 members (excludes halogenated alkanes) is 1. The summed E-state index contributed by atoms with van der Waals surface area (Å²) in [5.41, 5.74) is 1.75. The van der Waals surface area contributed by atoms with Crippen LogP contribution in [0.4, 0.5) is 0 Å². The number of rotatable bonds is 8. The van der Waals surface area contributed by atoms with Gasteiger partial charge in [-0.1, -0.05) is 25.2 Å². The maximum Gasteiger partial charge on any atom is 1.00 e. The van der Waals surface area contributed by atoms with Crippen molar-refractivity contribution in [2.45, 2.75) is 59.7 Å².